The summed E-state index contributed by atoms with van der Waals surface area (Å²) in [4.78, 5) is 2.05. The average molecular weight is 315 g/mol. The van der Waals surface area contributed by atoms with E-state index in [4.69, 9.17) is 0 Å². The lowest BCUT2D eigenvalue weighted by Crippen LogP contribution is -2.36. The Hall–Kier alpha value is -0.580. The number of nitrogens with zero attached hydrogens (tertiary/aromatic N) is 1. The number of halogens is 1. The first kappa shape index (κ1) is 15.5. The van der Waals surface area contributed by atoms with Crippen LogP contribution in [0.5, 0.6) is 0 Å². The van der Waals surface area contributed by atoms with Crippen molar-refractivity contribution in [1.29, 1.82) is 0 Å². The summed E-state index contributed by atoms with van der Waals surface area (Å²) >= 11 is 3.60. The van der Waals surface area contributed by atoms with Gasteiger partial charge in [0.15, 0.2) is 0 Å². The standard InChI is InChI=1S/C14H23BrN2O/c1-10(16-4)11-6-7-13(12(15)8-11)17(5)9-14(2,3)18/h6-8,10,16,18H,9H2,1-5H3. The Labute approximate surface area is 118 Å². The molecular formula is C14H23BrN2O. The van der Waals surface area contributed by atoms with Gasteiger partial charge < -0.3 is 15.3 Å². The predicted octanol–water partition coefficient (Wildman–Crippen LogP) is 2.94. The van der Waals surface area contributed by atoms with Crippen LogP contribution in [0, 0.1) is 0 Å². The zero-order valence-corrected chi connectivity index (χ0v) is 13.4. The molecule has 1 aromatic carbocycles. The van der Waals surface area contributed by atoms with Crippen molar-refractivity contribution >= 4 is 21.6 Å². The molecule has 18 heavy (non-hydrogen) atoms. The summed E-state index contributed by atoms with van der Waals surface area (Å²) in [5.74, 6) is 0. The van der Waals surface area contributed by atoms with Gasteiger partial charge in [-0.1, -0.05) is 6.07 Å². The van der Waals surface area contributed by atoms with E-state index in [1.807, 2.05) is 27.9 Å². The maximum atomic E-state index is 9.85. The first-order chi connectivity index (χ1) is 8.24. The summed E-state index contributed by atoms with van der Waals surface area (Å²) in [5.41, 5.74) is 1.62. The van der Waals surface area contributed by atoms with E-state index >= 15 is 0 Å². The Balaban J connectivity index is 2.92. The van der Waals surface area contributed by atoms with Crippen molar-refractivity contribution in [2.45, 2.75) is 32.4 Å². The minimum Gasteiger partial charge on any atom is -0.389 e. The van der Waals surface area contributed by atoms with Crippen molar-refractivity contribution in [3.8, 4) is 0 Å². The molecule has 102 valence electrons. The molecule has 0 saturated carbocycles. The normalized spacial score (nSPS) is 13.5. The molecule has 0 spiro atoms. The van der Waals surface area contributed by atoms with Crippen LogP contribution in [0.4, 0.5) is 5.69 Å². The highest BCUT2D eigenvalue weighted by Crippen LogP contribution is 2.29. The molecule has 3 nitrogen and oxygen atoms in total. The number of anilines is 1. The molecule has 0 fully saturated rings. The molecule has 0 amide bonds. The van der Waals surface area contributed by atoms with Gasteiger partial charge in [0.2, 0.25) is 0 Å². The smallest absolute Gasteiger partial charge is 0.0765 e. The van der Waals surface area contributed by atoms with Crippen molar-refractivity contribution in [1.82, 2.24) is 5.32 Å². The van der Waals surface area contributed by atoms with Crippen LogP contribution in [0.1, 0.15) is 32.4 Å². The molecule has 1 rings (SSSR count). The van der Waals surface area contributed by atoms with E-state index in [-0.39, 0.29) is 0 Å². The van der Waals surface area contributed by atoms with E-state index in [0.29, 0.717) is 12.6 Å². The van der Waals surface area contributed by atoms with Crippen LogP contribution in [0.15, 0.2) is 22.7 Å². The number of nitrogens with one attached hydrogen (secondary N) is 1. The van der Waals surface area contributed by atoms with Gasteiger partial charge in [0.25, 0.3) is 0 Å². The fourth-order valence-corrected chi connectivity index (χ4v) is 2.63. The molecule has 0 bridgehead atoms. The summed E-state index contributed by atoms with van der Waals surface area (Å²) < 4.78 is 1.05. The lowest BCUT2D eigenvalue weighted by Gasteiger charge is -2.28. The van der Waals surface area contributed by atoms with Gasteiger partial charge in [-0.3, -0.25) is 0 Å². The van der Waals surface area contributed by atoms with E-state index < -0.39 is 5.60 Å². The lowest BCUT2D eigenvalue weighted by molar-refractivity contribution is 0.0886. The summed E-state index contributed by atoms with van der Waals surface area (Å²) in [6.07, 6.45) is 0. The molecule has 0 radical (unpaired) electrons. The Morgan fingerprint density at radius 2 is 2.06 bits per heavy atom. The van der Waals surface area contributed by atoms with Gasteiger partial charge in [-0.05, 0) is 61.4 Å². The van der Waals surface area contributed by atoms with Gasteiger partial charge in [0.05, 0.1) is 11.3 Å². The number of aliphatic hydroxyl groups is 1. The van der Waals surface area contributed by atoms with Crippen LogP contribution >= 0.6 is 15.9 Å². The third-order valence-corrected chi connectivity index (χ3v) is 3.58. The van der Waals surface area contributed by atoms with E-state index in [1.165, 1.54) is 5.56 Å². The zero-order valence-electron chi connectivity index (χ0n) is 11.8. The first-order valence-electron chi connectivity index (χ1n) is 6.15. The predicted molar refractivity (Wildman–Crippen MR) is 81.2 cm³/mol. The number of benzene rings is 1. The molecule has 1 atom stereocenters. The summed E-state index contributed by atoms with van der Waals surface area (Å²) in [6, 6.07) is 6.65. The van der Waals surface area contributed by atoms with Crippen LogP contribution in [-0.2, 0) is 0 Å². The molecule has 2 N–H and O–H groups in total. The third kappa shape index (κ3) is 4.26. The second kappa shape index (κ2) is 6.04. The number of likely N-dealkylation sites (N-methyl/N-ethyl adjacent to an activating group) is 1. The molecule has 0 aliphatic heterocycles. The third-order valence-electron chi connectivity index (χ3n) is 2.94. The van der Waals surface area contributed by atoms with Gasteiger partial charge >= 0.3 is 0 Å². The van der Waals surface area contributed by atoms with Crippen molar-refractivity contribution < 1.29 is 5.11 Å². The Morgan fingerprint density at radius 3 is 2.50 bits per heavy atom. The highest BCUT2D eigenvalue weighted by atomic mass is 79.9. The molecule has 1 unspecified atom stereocenters. The Morgan fingerprint density at radius 1 is 1.44 bits per heavy atom. The second-order valence-electron chi connectivity index (χ2n) is 5.39. The summed E-state index contributed by atoms with van der Waals surface area (Å²) in [7, 11) is 3.94. The fraction of sp³-hybridized carbons (Fsp3) is 0.571. The van der Waals surface area contributed by atoms with Gasteiger partial charge in [-0.2, -0.15) is 0 Å². The highest BCUT2D eigenvalue weighted by molar-refractivity contribution is 9.10. The molecule has 0 aliphatic carbocycles. The lowest BCUT2D eigenvalue weighted by atomic mass is 10.1. The largest absolute Gasteiger partial charge is 0.389 e. The minimum atomic E-state index is -0.703. The van der Waals surface area contributed by atoms with E-state index in [1.54, 1.807) is 0 Å². The second-order valence-corrected chi connectivity index (χ2v) is 6.24. The Bertz CT molecular complexity index is 401. The summed E-state index contributed by atoms with van der Waals surface area (Å²) in [5, 5.41) is 13.1. The number of rotatable bonds is 5. The van der Waals surface area contributed by atoms with E-state index in [9.17, 15) is 5.11 Å². The monoisotopic (exact) mass is 314 g/mol. The molecule has 4 heteroatoms. The van der Waals surface area contributed by atoms with Gasteiger partial charge in [-0.25, -0.2) is 0 Å². The topological polar surface area (TPSA) is 35.5 Å². The van der Waals surface area contributed by atoms with Crippen LogP contribution in [0.3, 0.4) is 0 Å². The number of hydrogen-bond acceptors (Lipinski definition) is 3. The average Bonchev–Trinajstić information content (AvgIpc) is 2.25. The van der Waals surface area contributed by atoms with Crippen LogP contribution in [0.2, 0.25) is 0 Å². The maximum Gasteiger partial charge on any atom is 0.0765 e. The SMILES string of the molecule is CNC(C)c1ccc(N(C)CC(C)(C)O)c(Br)c1. The fourth-order valence-electron chi connectivity index (χ4n) is 1.93. The highest BCUT2D eigenvalue weighted by Gasteiger charge is 2.17. The van der Waals surface area contributed by atoms with Gasteiger partial charge in [0.1, 0.15) is 0 Å². The molecule has 1 aromatic rings. The Kier molecular flexibility index (Phi) is 5.20. The minimum absolute atomic E-state index is 0.329. The van der Waals surface area contributed by atoms with E-state index in [0.717, 1.165) is 10.2 Å². The molecular weight excluding hydrogens is 292 g/mol. The maximum absolute atomic E-state index is 9.85. The first-order valence-corrected chi connectivity index (χ1v) is 6.94. The van der Waals surface area contributed by atoms with Crippen LogP contribution in [-0.4, -0.2) is 31.3 Å². The molecule has 0 aromatic heterocycles. The molecule has 0 saturated heterocycles. The van der Waals surface area contributed by atoms with Gasteiger partial charge in [0, 0.05) is 24.1 Å². The molecule has 0 heterocycles. The van der Waals surface area contributed by atoms with E-state index in [2.05, 4.69) is 51.3 Å². The van der Waals surface area contributed by atoms with Crippen LogP contribution < -0.4 is 10.2 Å². The van der Waals surface area contributed by atoms with Crippen LogP contribution in [0.25, 0.3) is 0 Å². The van der Waals surface area contributed by atoms with Crippen molar-refractivity contribution in [3.63, 3.8) is 0 Å². The van der Waals surface area contributed by atoms with Crippen molar-refractivity contribution in [2.75, 3.05) is 25.5 Å². The zero-order chi connectivity index (χ0) is 13.9. The summed E-state index contributed by atoms with van der Waals surface area (Å²) in [6.45, 7) is 6.35. The molecule has 0 aliphatic rings. The van der Waals surface area contributed by atoms with Crippen molar-refractivity contribution in [3.05, 3.63) is 28.2 Å². The quantitative estimate of drug-likeness (QED) is 0.877. The van der Waals surface area contributed by atoms with Gasteiger partial charge in [-0.15, -0.1) is 0 Å². The van der Waals surface area contributed by atoms with Crippen molar-refractivity contribution in [2.24, 2.45) is 0 Å². The number of hydrogen-bond donors (Lipinski definition) is 2.